The molecule has 0 radical (unpaired) electrons. The average Bonchev–Trinajstić information content (AvgIpc) is 2.65. The Morgan fingerprint density at radius 1 is 0.500 bits per heavy atom. The van der Waals surface area contributed by atoms with Crippen LogP contribution in [0.3, 0.4) is 0 Å². The van der Waals surface area contributed by atoms with Gasteiger partial charge in [-0.3, -0.25) is 0 Å². The number of unbranched alkanes of at least 4 members (excludes halogenated alkanes) is 17. The zero-order valence-corrected chi connectivity index (χ0v) is 20.0. The maximum Gasteiger partial charge on any atom is 0.0552 e. The highest BCUT2D eigenvalue weighted by Crippen LogP contribution is 2.14. The lowest BCUT2D eigenvalue weighted by Gasteiger charge is -2.09. The van der Waals surface area contributed by atoms with Gasteiger partial charge in [-0.05, 0) is 6.42 Å². The molecule has 1 nitrogen and oxygen atoms in total. The summed E-state index contributed by atoms with van der Waals surface area (Å²) in [7, 11) is -0.206. The maximum absolute atomic E-state index is 10.0. The second-order valence-electron chi connectivity index (χ2n) is 8.60. The van der Waals surface area contributed by atoms with Crippen LogP contribution >= 0.6 is 0 Å². The highest BCUT2D eigenvalue weighted by Gasteiger charge is 2.04. The zero-order valence-electron chi connectivity index (χ0n) is 18.6. The number of hydrogen-bond donors (Lipinski definition) is 1. The lowest BCUT2D eigenvalue weighted by molar-refractivity contribution is 0.235. The van der Waals surface area contributed by atoms with E-state index in [1.807, 2.05) is 0 Å². The lowest BCUT2D eigenvalue weighted by atomic mass is 10.0. The summed E-state index contributed by atoms with van der Waals surface area (Å²) in [6.07, 6.45) is 27.9. The smallest absolute Gasteiger partial charge is 0.0552 e. The summed E-state index contributed by atoms with van der Waals surface area (Å²) in [6.45, 7) is 4.55. The molecule has 0 saturated carbocycles. The van der Waals surface area contributed by atoms with E-state index in [4.69, 9.17) is 0 Å². The molecular formula is C24H52OSi. The van der Waals surface area contributed by atoms with Gasteiger partial charge in [0.1, 0.15) is 0 Å². The Bertz CT molecular complexity index is 244. The molecule has 0 amide bonds. The molecule has 0 bridgehead atoms. The first-order chi connectivity index (χ1) is 12.8. The van der Waals surface area contributed by atoms with Gasteiger partial charge in [0.05, 0.1) is 9.52 Å². The molecule has 2 heteroatoms. The molecule has 0 aromatic rings. The van der Waals surface area contributed by atoms with Crippen LogP contribution in [0, 0.1) is 0 Å². The van der Waals surface area contributed by atoms with Crippen molar-refractivity contribution in [2.75, 3.05) is 0 Å². The van der Waals surface area contributed by atoms with Crippen LogP contribution in [0.5, 0.6) is 0 Å². The standard InChI is InChI=1S/C24H52OSi/c1-3-5-7-9-10-11-12-13-14-15-16-17-18-19-21-23-26-24(25)22-20-8-6-4-2/h24-25H,3-23,26H2,1-2H3. The SMILES string of the molecule is CCCCCCCCCCCCCCCCC[SiH2]C(O)CCCCCC. The van der Waals surface area contributed by atoms with Crippen LogP contribution in [-0.4, -0.2) is 20.4 Å². The summed E-state index contributed by atoms with van der Waals surface area (Å²) in [5, 5.41) is 10.0. The van der Waals surface area contributed by atoms with Gasteiger partial charge in [-0.2, -0.15) is 0 Å². The molecule has 26 heavy (non-hydrogen) atoms. The second-order valence-corrected chi connectivity index (χ2v) is 10.8. The van der Waals surface area contributed by atoms with Crippen LogP contribution in [0.15, 0.2) is 0 Å². The van der Waals surface area contributed by atoms with E-state index in [0.29, 0.717) is 0 Å². The van der Waals surface area contributed by atoms with E-state index in [2.05, 4.69) is 13.8 Å². The Labute approximate surface area is 169 Å². The van der Waals surface area contributed by atoms with Gasteiger partial charge in [-0.1, -0.05) is 142 Å². The fourth-order valence-electron chi connectivity index (χ4n) is 3.88. The van der Waals surface area contributed by atoms with E-state index >= 15 is 0 Å². The van der Waals surface area contributed by atoms with Crippen molar-refractivity contribution in [3.05, 3.63) is 0 Å². The van der Waals surface area contributed by atoms with Crippen LogP contribution in [-0.2, 0) is 0 Å². The molecule has 0 fully saturated rings. The van der Waals surface area contributed by atoms with E-state index < -0.39 is 0 Å². The minimum absolute atomic E-state index is 0.110. The van der Waals surface area contributed by atoms with Gasteiger partial charge in [-0.25, -0.2) is 0 Å². The molecule has 158 valence electrons. The van der Waals surface area contributed by atoms with Gasteiger partial charge in [0.15, 0.2) is 0 Å². The highest BCUT2D eigenvalue weighted by atomic mass is 28.2. The van der Waals surface area contributed by atoms with E-state index in [1.54, 1.807) is 0 Å². The first-order valence-corrected chi connectivity index (χ1v) is 14.3. The fourth-order valence-corrected chi connectivity index (χ4v) is 5.57. The van der Waals surface area contributed by atoms with E-state index in [0.717, 1.165) is 6.42 Å². The predicted molar refractivity (Wildman–Crippen MR) is 123 cm³/mol. The zero-order chi connectivity index (χ0) is 19.1. The Kier molecular flexibility index (Phi) is 23.4. The summed E-state index contributed by atoms with van der Waals surface area (Å²) in [5.74, 6) is 0. The summed E-state index contributed by atoms with van der Waals surface area (Å²) in [5.41, 5.74) is 0.110. The molecule has 0 heterocycles. The van der Waals surface area contributed by atoms with Crippen molar-refractivity contribution in [1.29, 1.82) is 0 Å². The normalized spacial score (nSPS) is 13.0. The number of aliphatic hydroxyl groups is 1. The lowest BCUT2D eigenvalue weighted by Crippen LogP contribution is -2.15. The van der Waals surface area contributed by atoms with Crippen molar-refractivity contribution in [2.24, 2.45) is 0 Å². The van der Waals surface area contributed by atoms with E-state index in [9.17, 15) is 5.11 Å². The van der Waals surface area contributed by atoms with Crippen LogP contribution in [0.25, 0.3) is 0 Å². The molecule has 0 aliphatic rings. The summed E-state index contributed by atoms with van der Waals surface area (Å²) >= 11 is 0. The molecule has 1 unspecified atom stereocenters. The van der Waals surface area contributed by atoms with Crippen molar-refractivity contribution >= 4 is 9.52 Å². The molecule has 0 aliphatic heterocycles. The van der Waals surface area contributed by atoms with Crippen molar-refractivity contribution in [2.45, 2.75) is 154 Å². The van der Waals surface area contributed by atoms with Crippen LogP contribution in [0.4, 0.5) is 0 Å². The fraction of sp³-hybridized carbons (Fsp3) is 1.00. The summed E-state index contributed by atoms with van der Waals surface area (Å²) < 4.78 is 0. The molecule has 0 aromatic carbocycles. The van der Waals surface area contributed by atoms with Crippen molar-refractivity contribution < 1.29 is 5.11 Å². The Morgan fingerprint density at radius 2 is 0.846 bits per heavy atom. The van der Waals surface area contributed by atoms with Crippen molar-refractivity contribution in [3.63, 3.8) is 0 Å². The van der Waals surface area contributed by atoms with Gasteiger partial charge in [-0.15, -0.1) is 0 Å². The largest absolute Gasteiger partial charge is 0.397 e. The summed E-state index contributed by atoms with van der Waals surface area (Å²) in [6, 6.07) is 1.37. The van der Waals surface area contributed by atoms with Gasteiger partial charge < -0.3 is 5.11 Å². The molecule has 1 N–H and O–H groups in total. The highest BCUT2D eigenvalue weighted by molar-refractivity contribution is 6.36. The van der Waals surface area contributed by atoms with E-state index in [1.165, 1.54) is 128 Å². The Morgan fingerprint density at radius 3 is 1.27 bits per heavy atom. The van der Waals surface area contributed by atoms with Crippen LogP contribution in [0.2, 0.25) is 6.04 Å². The molecule has 0 aliphatic carbocycles. The topological polar surface area (TPSA) is 20.2 Å². The van der Waals surface area contributed by atoms with Gasteiger partial charge in [0, 0.05) is 5.73 Å². The molecule has 0 rings (SSSR count). The van der Waals surface area contributed by atoms with Gasteiger partial charge in [0.2, 0.25) is 0 Å². The molecule has 1 atom stereocenters. The third kappa shape index (κ3) is 22.2. The Hall–Kier alpha value is 0.177. The minimum atomic E-state index is -0.206. The number of rotatable bonds is 22. The monoisotopic (exact) mass is 384 g/mol. The molecule has 0 spiro atoms. The maximum atomic E-state index is 10.0. The quantitative estimate of drug-likeness (QED) is 0.149. The predicted octanol–water partition coefficient (Wildman–Crippen LogP) is 7.73. The minimum Gasteiger partial charge on any atom is -0.397 e. The number of aliphatic hydroxyl groups excluding tert-OH is 1. The third-order valence-corrected chi connectivity index (χ3v) is 7.76. The van der Waals surface area contributed by atoms with Gasteiger partial charge >= 0.3 is 0 Å². The Balaban J connectivity index is 3.06. The molecule has 0 saturated heterocycles. The molecular weight excluding hydrogens is 332 g/mol. The van der Waals surface area contributed by atoms with Crippen molar-refractivity contribution in [1.82, 2.24) is 0 Å². The number of hydrogen-bond acceptors (Lipinski definition) is 1. The van der Waals surface area contributed by atoms with E-state index in [-0.39, 0.29) is 15.2 Å². The van der Waals surface area contributed by atoms with Crippen LogP contribution < -0.4 is 0 Å². The molecule has 0 aromatic heterocycles. The second kappa shape index (κ2) is 23.2. The summed E-state index contributed by atoms with van der Waals surface area (Å²) in [4.78, 5) is 0. The third-order valence-electron chi connectivity index (χ3n) is 5.78. The first-order valence-electron chi connectivity index (χ1n) is 12.5. The average molecular weight is 385 g/mol. The first kappa shape index (κ1) is 26.2. The van der Waals surface area contributed by atoms with Gasteiger partial charge in [0.25, 0.3) is 0 Å². The van der Waals surface area contributed by atoms with Crippen LogP contribution in [0.1, 0.15) is 142 Å². The van der Waals surface area contributed by atoms with Crippen molar-refractivity contribution in [3.8, 4) is 0 Å².